The Labute approximate surface area is 167 Å². The van der Waals surface area contributed by atoms with Gasteiger partial charge in [-0.25, -0.2) is 18.8 Å². The highest BCUT2D eigenvalue weighted by molar-refractivity contribution is 6.20. The molecule has 0 saturated carbocycles. The Bertz CT molecular complexity index is 1090. The van der Waals surface area contributed by atoms with Crippen LogP contribution in [0.1, 0.15) is 16.7 Å². The normalized spacial score (nSPS) is 18.4. The summed E-state index contributed by atoms with van der Waals surface area (Å²) in [6.45, 7) is 0. The van der Waals surface area contributed by atoms with Gasteiger partial charge in [0.25, 0.3) is 0 Å². The molecule has 0 aliphatic carbocycles. The fourth-order valence-corrected chi connectivity index (χ4v) is 3.21. The molecule has 146 valence electrons. The molecule has 0 spiro atoms. The van der Waals surface area contributed by atoms with E-state index in [9.17, 15) is 13.9 Å². The van der Waals surface area contributed by atoms with Crippen LogP contribution in [0.2, 0.25) is 0 Å². The third-order valence-electron chi connectivity index (χ3n) is 4.82. The largest absolute Gasteiger partial charge is 0.378 e. The van der Waals surface area contributed by atoms with Gasteiger partial charge in [-0.15, -0.1) is 0 Å². The summed E-state index contributed by atoms with van der Waals surface area (Å²) in [5.41, 5.74) is 1.11. The van der Waals surface area contributed by atoms with E-state index in [1.165, 1.54) is 48.5 Å². The Balaban J connectivity index is 1.83. The Morgan fingerprint density at radius 2 is 1.28 bits per heavy atom. The summed E-state index contributed by atoms with van der Waals surface area (Å²) in [5.74, 6) is -0.460. The lowest BCUT2D eigenvalue weighted by Crippen LogP contribution is -2.32. The lowest BCUT2D eigenvalue weighted by atomic mass is 9.93. The van der Waals surface area contributed by atoms with Crippen LogP contribution in [0.15, 0.2) is 82.8 Å². The number of benzene rings is 3. The molecule has 1 aliphatic heterocycles. The Hall–Kier alpha value is -3.38. The van der Waals surface area contributed by atoms with E-state index in [0.717, 1.165) is 11.3 Å². The van der Waals surface area contributed by atoms with Crippen molar-refractivity contribution in [1.82, 2.24) is 0 Å². The highest BCUT2D eigenvalue weighted by Crippen LogP contribution is 2.34. The molecule has 1 unspecified atom stereocenters. The quantitative estimate of drug-likeness (QED) is 0.727. The maximum atomic E-state index is 13.4. The SMILES string of the molecule is CN(C)c1ccc(C2=NC(O)(c3ccc(F)cc3)C(c3ccc(F)cc3)=N2)cc1. The van der Waals surface area contributed by atoms with Crippen molar-refractivity contribution >= 4 is 17.2 Å². The second-order valence-corrected chi connectivity index (χ2v) is 7.02. The first-order chi connectivity index (χ1) is 13.9. The first-order valence-electron chi connectivity index (χ1n) is 9.08. The van der Waals surface area contributed by atoms with E-state index in [-0.39, 0.29) is 5.71 Å². The van der Waals surface area contributed by atoms with Gasteiger partial charge in [-0.1, -0.05) is 24.3 Å². The van der Waals surface area contributed by atoms with E-state index < -0.39 is 17.4 Å². The van der Waals surface area contributed by atoms with Gasteiger partial charge in [0, 0.05) is 36.5 Å². The fraction of sp³-hybridized carbons (Fsp3) is 0.130. The average Bonchev–Trinajstić information content (AvgIpc) is 3.08. The highest BCUT2D eigenvalue weighted by Gasteiger charge is 2.41. The van der Waals surface area contributed by atoms with Crippen LogP contribution >= 0.6 is 0 Å². The molecule has 3 aromatic rings. The maximum absolute atomic E-state index is 13.4. The lowest BCUT2D eigenvalue weighted by molar-refractivity contribution is 0.126. The van der Waals surface area contributed by atoms with Crippen molar-refractivity contribution < 1.29 is 13.9 Å². The molecule has 0 aromatic heterocycles. The summed E-state index contributed by atoms with van der Waals surface area (Å²) in [6.07, 6.45) is 0. The summed E-state index contributed by atoms with van der Waals surface area (Å²) >= 11 is 0. The van der Waals surface area contributed by atoms with Crippen molar-refractivity contribution in [2.45, 2.75) is 5.72 Å². The van der Waals surface area contributed by atoms with Crippen LogP contribution in [0.4, 0.5) is 14.5 Å². The number of hydrogen-bond acceptors (Lipinski definition) is 4. The minimum atomic E-state index is -1.80. The van der Waals surface area contributed by atoms with Crippen LogP contribution in [0.5, 0.6) is 0 Å². The van der Waals surface area contributed by atoms with Crippen LogP contribution in [0, 0.1) is 11.6 Å². The predicted octanol–water partition coefficient (Wildman–Crippen LogP) is 4.13. The van der Waals surface area contributed by atoms with Gasteiger partial charge in [-0.3, -0.25) is 0 Å². The summed E-state index contributed by atoms with van der Waals surface area (Å²) in [6, 6.07) is 18.7. The summed E-state index contributed by atoms with van der Waals surface area (Å²) in [5, 5.41) is 11.5. The zero-order chi connectivity index (χ0) is 20.6. The van der Waals surface area contributed by atoms with Gasteiger partial charge in [0.05, 0.1) is 0 Å². The van der Waals surface area contributed by atoms with Crippen molar-refractivity contribution in [3.63, 3.8) is 0 Å². The first kappa shape index (κ1) is 19.0. The fourth-order valence-electron chi connectivity index (χ4n) is 3.21. The van der Waals surface area contributed by atoms with Gasteiger partial charge in [-0.2, -0.15) is 0 Å². The molecule has 1 aliphatic rings. The van der Waals surface area contributed by atoms with Crippen molar-refractivity contribution in [2.75, 3.05) is 19.0 Å². The molecule has 4 nitrogen and oxygen atoms in total. The Kier molecular flexibility index (Phi) is 4.72. The monoisotopic (exact) mass is 391 g/mol. The molecule has 1 N–H and O–H groups in total. The number of amidine groups is 1. The van der Waals surface area contributed by atoms with E-state index in [1.54, 1.807) is 0 Å². The number of nitrogens with zero attached hydrogens (tertiary/aromatic N) is 3. The van der Waals surface area contributed by atoms with Gasteiger partial charge in [0.2, 0.25) is 5.72 Å². The van der Waals surface area contributed by atoms with E-state index in [0.29, 0.717) is 17.0 Å². The smallest absolute Gasteiger partial charge is 0.228 e. The number of rotatable bonds is 4. The zero-order valence-corrected chi connectivity index (χ0v) is 16.0. The molecular formula is C23H19F2N3O. The van der Waals surface area contributed by atoms with Crippen molar-refractivity contribution in [2.24, 2.45) is 9.98 Å². The van der Waals surface area contributed by atoms with Gasteiger partial charge in [-0.05, 0) is 48.5 Å². The predicted molar refractivity (Wildman–Crippen MR) is 111 cm³/mol. The van der Waals surface area contributed by atoms with Crippen molar-refractivity contribution in [3.05, 3.63) is 101 Å². The van der Waals surface area contributed by atoms with Crippen molar-refractivity contribution in [1.29, 1.82) is 0 Å². The molecule has 0 radical (unpaired) electrons. The highest BCUT2D eigenvalue weighted by atomic mass is 19.1. The molecule has 0 bridgehead atoms. The van der Waals surface area contributed by atoms with Crippen LogP contribution in [0.25, 0.3) is 0 Å². The Morgan fingerprint density at radius 1 is 0.759 bits per heavy atom. The molecule has 0 saturated heterocycles. The van der Waals surface area contributed by atoms with E-state index >= 15 is 0 Å². The molecule has 3 aromatic carbocycles. The topological polar surface area (TPSA) is 48.2 Å². The molecule has 29 heavy (non-hydrogen) atoms. The number of aliphatic imine (C=N–C) groups is 2. The second kappa shape index (κ2) is 7.22. The van der Waals surface area contributed by atoms with Gasteiger partial charge < -0.3 is 10.0 Å². The third kappa shape index (κ3) is 3.54. The molecule has 1 heterocycles. The minimum absolute atomic E-state index is 0.260. The van der Waals surface area contributed by atoms with E-state index in [1.807, 2.05) is 43.3 Å². The Morgan fingerprint density at radius 3 is 1.83 bits per heavy atom. The van der Waals surface area contributed by atoms with Gasteiger partial charge >= 0.3 is 0 Å². The summed E-state index contributed by atoms with van der Waals surface area (Å²) < 4.78 is 26.8. The standard InChI is InChI=1S/C23H19F2N3O/c1-28(2)20-13-5-16(6-14-20)22-26-21(15-3-9-18(24)10-4-15)23(29,27-22)17-7-11-19(25)12-8-17/h3-14,29H,1-2H3. The molecule has 6 heteroatoms. The molecule has 0 amide bonds. The summed E-state index contributed by atoms with van der Waals surface area (Å²) in [4.78, 5) is 11.0. The molecule has 0 fully saturated rings. The first-order valence-corrected chi connectivity index (χ1v) is 9.08. The van der Waals surface area contributed by atoms with Crippen LogP contribution < -0.4 is 4.90 Å². The number of anilines is 1. The molecule has 1 atom stereocenters. The van der Waals surface area contributed by atoms with E-state index in [2.05, 4.69) is 9.98 Å². The van der Waals surface area contributed by atoms with Gasteiger partial charge in [0.1, 0.15) is 17.3 Å². The number of hydrogen-bond donors (Lipinski definition) is 1. The van der Waals surface area contributed by atoms with Crippen LogP contribution in [-0.4, -0.2) is 30.7 Å². The van der Waals surface area contributed by atoms with E-state index in [4.69, 9.17) is 0 Å². The average molecular weight is 391 g/mol. The maximum Gasteiger partial charge on any atom is 0.228 e. The van der Waals surface area contributed by atoms with Gasteiger partial charge in [0.15, 0.2) is 5.84 Å². The molecule has 4 rings (SSSR count). The second-order valence-electron chi connectivity index (χ2n) is 7.02. The lowest BCUT2D eigenvalue weighted by Gasteiger charge is -2.22. The number of halogens is 2. The van der Waals surface area contributed by atoms with Crippen LogP contribution in [-0.2, 0) is 5.72 Å². The zero-order valence-electron chi connectivity index (χ0n) is 16.0. The minimum Gasteiger partial charge on any atom is -0.378 e. The third-order valence-corrected chi connectivity index (χ3v) is 4.82. The molecular weight excluding hydrogens is 372 g/mol. The summed E-state index contributed by atoms with van der Waals surface area (Å²) in [7, 11) is 3.89. The van der Waals surface area contributed by atoms with Crippen LogP contribution in [0.3, 0.4) is 0 Å². The van der Waals surface area contributed by atoms with Crippen molar-refractivity contribution in [3.8, 4) is 0 Å². The number of aliphatic hydroxyl groups is 1.